The van der Waals surface area contributed by atoms with E-state index < -0.39 is 0 Å². The molecule has 1 aliphatic heterocycles. The molecule has 3 rings (SSSR count). The summed E-state index contributed by atoms with van der Waals surface area (Å²) in [6.45, 7) is 3.08. The van der Waals surface area contributed by atoms with E-state index in [1.165, 1.54) is 0 Å². The number of likely N-dealkylation sites (tertiary alicyclic amines) is 1. The van der Waals surface area contributed by atoms with Gasteiger partial charge in [-0.1, -0.05) is 17.3 Å². The van der Waals surface area contributed by atoms with Crippen LogP contribution in [-0.4, -0.2) is 34.0 Å². The molecule has 1 fully saturated rings. The molecule has 0 radical (unpaired) electrons. The number of aryl methyl sites for hydroxylation is 1. The van der Waals surface area contributed by atoms with Crippen molar-refractivity contribution in [3.63, 3.8) is 0 Å². The lowest BCUT2D eigenvalue weighted by Gasteiger charge is -2.37. The third kappa shape index (κ3) is 2.36. The summed E-state index contributed by atoms with van der Waals surface area (Å²) < 4.78 is 6.10. The van der Waals surface area contributed by atoms with Crippen molar-refractivity contribution in [2.45, 2.75) is 12.8 Å². The van der Waals surface area contributed by atoms with Crippen molar-refractivity contribution in [1.82, 2.24) is 15.0 Å². The van der Waals surface area contributed by atoms with E-state index in [0.29, 0.717) is 24.8 Å². The van der Waals surface area contributed by atoms with Gasteiger partial charge in [0.1, 0.15) is 0 Å². The average Bonchev–Trinajstić information content (AvgIpc) is 2.74. The van der Waals surface area contributed by atoms with Crippen LogP contribution < -0.4 is 0 Å². The lowest BCUT2D eigenvalue weighted by atomic mass is 9.99. The summed E-state index contributed by atoms with van der Waals surface area (Å²) in [5.74, 6) is 1.51. The molecule has 1 aliphatic rings. The quantitative estimate of drug-likeness (QED) is 0.762. The Labute approximate surface area is 124 Å². The molecule has 0 N–H and O–H groups in total. The van der Waals surface area contributed by atoms with Gasteiger partial charge in [-0.05, 0) is 41.6 Å². The van der Waals surface area contributed by atoms with Crippen molar-refractivity contribution < 1.29 is 9.32 Å². The van der Waals surface area contributed by atoms with Crippen LogP contribution in [0, 0.1) is 10.5 Å². The standard InChI is InChI=1S/C13H12IN3O2/c1-8-15-12(19-16-8)9-6-17(7-9)13(18)10-4-2-3-5-11(10)14/h2-5,9H,6-7H2,1H3. The molecule has 0 aliphatic carbocycles. The number of rotatable bonds is 2. The van der Waals surface area contributed by atoms with Gasteiger partial charge in [-0.2, -0.15) is 4.98 Å². The SMILES string of the molecule is Cc1noc(C2CN(C(=O)c3ccccc3I)C2)n1. The molecule has 0 bridgehead atoms. The predicted octanol–water partition coefficient (Wildman–Crippen LogP) is 2.22. The van der Waals surface area contributed by atoms with Gasteiger partial charge in [0, 0.05) is 16.7 Å². The highest BCUT2D eigenvalue weighted by Crippen LogP contribution is 2.28. The van der Waals surface area contributed by atoms with Gasteiger partial charge in [0.25, 0.3) is 5.91 Å². The Morgan fingerprint density at radius 1 is 1.42 bits per heavy atom. The first kappa shape index (κ1) is 12.6. The Morgan fingerprint density at radius 2 is 2.16 bits per heavy atom. The molecule has 1 saturated heterocycles. The predicted molar refractivity (Wildman–Crippen MR) is 76.8 cm³/mol. The first-order valence-corrected chi connectivity index (χ1v) is 7.07. The smallest absolute Gasteiger partial charge is 0.254 e. The van der Waals surface area contributed by atoms with Crippen molar-refractivity contribution in [3.05, 3.63) is 45.1 Å². The molecule has 98 valence electrons. The molecule has 0 unspecified atom stereocenters. The maximum absolute atomic E-state index is 12.3. The molecule has 0 spiro atoms. The van der Waals surface area contributed by atoms with Crippen LogP contribution in [0.1, 0.15) is 28.0 Å². The maximum Gasteiger partial charge on any atom is 0.254 e. The second kappa shape index (κ2) is 4.92. The highest BCUT2D eigenvalue weighted by molar-refractivity contribution is 14.1. The van der Waals surface area contributed by atoms with Gasteiger partial charge in [-0.25, -0.2) is 0 Å². The monoisotopic (exact) mass is 369 g/mol. The van der Waals surface area contributed by atoms with Gasteiger partial charge in [-0.3, -0.25) is 4.79 Å². The second-order valence-corrected chi connectivity index (χ2v) is 5.73. The highest BCUT2D eigenvalue weighted by Gasteiger charge is 2.36. The van der Waals surface area contributed by atoms with Crippen LogP contribution in [0.5, 0.6) is 0 Å². The van der Waals surface area contributed by atoms with E-state index in [0.717, 1.165) is 9.13 Å². The van der Waals surface area contributed by atoms with Crippen molar-refractivity contribution in [3.8, 4) is 0 Å². The first-order valence-electron chi connectivity index (χ1n) is 5.99. The maximum atomic E-state index is 12.3. The van der Waals surface area contributed by atoms with Gasteiger partial charge in [-0.15, -0.1) is 0 Å². The molecule has 2 heterocycles. The van der Waals surface area contributed by atoms with Crippen molar-refractivity contribution >= 4 is 28.5 Å². The minimum absolute atomic E-state index is 0.0671. The minimum atomic E-state index is 0.0671. The molecular weight excluding hydrogens is 357 g/mol. The summed E-state index contributed by atoms with van der Waals surface area (Å²) in [5.41, 5.74) is 0.753. The number of hydrogen-bond acceptors (Lipinski definition) is 4. The Kier molecular flexibility index (Phi) is 3.26. The number of hydrogen-bond donors (Lipinski definition) is 0. The van der Waals surface area contributed by atoms with Gasteiger partial charge >= 0.3 is 0 Å². The summed E-state index contributed by atoms with van der Waals surface area (Å²) >= 11 is 2.18. The fourth-order valence-electron chi connectivity index (χ4n) is 2.08. The third-order valence-electron chi connectivity index (χ3n) is 3.17. The number of benzene rings is 1. The van der Waals surface area contributed by atoms with Crippen LogP contribution in [-0.2, 0) is 0 Å². The van der Waals surface area contributed by atoms with Gasteiger partial charge < -0.3 is 9.42 Å². The van der Waals surface area contributed by atoms with Gasteiger partial charge in [0.2, 0.25) is 5.89 Å². The second-order valence-electron chi connectivity index (χ2n) is 4.57. The van der Waals surface area contributed by atoms with Crippen molar-refractivity contribution in [2.24, 2.45) is 0 Å². The zero-order valence-corrected chi connectivity index (χ0v) is 12.5. The Hall–Kier alpha value is -1.44. The van der Waals surface area contributed by atoms with Crippen molar-refractivity contribution in [1.29, 1.82) is 0 Å². The molecule has 1 aromatic carbocycles. The zero-order valence-electron chi connectivity index (χ0n) is 10.3. The lowest BCUT2D eigenvalue weighted by Crippen LogP contribution is -2.48. The average molecular weight is 369 g/mol. The molecule has 0 saturated carbocycles. The number of halogens is 1. The number of amides is 1. The molecule has 1 aromatic heterocycles. The molecular formula is C13H12IN3O2. The summed E-state index contributed by atoms with van der Waals surface area (Å²) in [4.78, 5) is 18.3. The zero-order chi connectivity index (χ0) is 13.4. The third-order valence-corrected chi connectivity index (χ3v) is 4.11. The van der Waals surface area contributed by atoms with Gasteiger partial charge in [0.05, 0.1) is 11.5 Å². The summed E-state index contributed by atoms with van der Waals surface area (Å²) in [6, 6.07) is 7.60. The van der Waals surface area contributed by atoms with Crippen LogP contribution in [0.2, 0.25) is 0 Å². The first-order chi connectivity index (χ1) is 9.15. The van der Waals surface area contributed by atoms with Crippen LogP contribution in [0.25, 0.3) is 0 Å². The summed E-state index contributed by atoms with van der Waals surface area (Å²) in [6.07, 6.45) is 0. The fraction of sp³-hybridized carbons (Fsp3) is 0.308. The highest BCUT2D eigenvalue weighted by atomic mass is 127. The molecule has 6 heteroatoms. The number of carbonyl (C=O) groups excluding carboxylic acids is 1. The number of aromatic nitrogens is 2. The van der Waals surface area contributed by atoms with Crippen LogP contribution in [0.15, 0.2) is 28.8 Å². The summed E-state index contributed by atoms with van der Waals surface area (Å²) in [7, 11) is 0. The van der Waals surface area contributed by atoms with E-state index in [1.54, 1.807) is 6.92 Å². The van der Waals surface area contributed by atoms with E-state index in [4.69, 9.17) is 4.52 Å². The number of carbonyl (C=O) groups is 1. The normalized spacial score (nSPS) is 15.4. The molecule has 5 nitrogen and oxygen atoms in total. The Balaban J connectivity index is 1.68. The largest absolute Gasteiger partial charge is 0.339 e. The van der Waals surface area contributed by atoms with E-state index in [2.05, 4.69) is 32.7 Å². The molecule has 2 aromatic rings. The fourth-order valence-corrected chi connectivity index (χ4v) is 2.70. The Morgan fingerprint density at radius 3 is 2.79 bits per heavy atom. The van der Waals surface area contributed by atoms with Crippen LogP contribution in [0.4, 0.5) is 0 Å². The Bertz CT molecular complexity index is 620. The van der Waals surface area contributed by atoms with E-state index in [-0.39, 0.29) is 11.8 Å². The molecule has 1 amide bonds. The topological polar surface area (TPSA) is 59.2 Å². The van der Waals surface area contributed by atoms with Crippen LogP contribution >= 0.6 is 22.6 Å². The molecule has 0 atom stereocenters. The van der Waals surface area contributed by atoms with E-state index in [1.807, 2.05) is 29.2 Å². The summed E-state index contributed by atoms with van der Waals surface area (Å²) in [5, 5.41) is 3.77. The van der Waals surface area contributed by atoms with E-state index in [9.17, 15) is 4.79 Å². The number of nitrogens with zero attached hydrogens (tertiary/aromatic N) is 3. The lowest BCUT2D eigenvalue weighted by molar-refractivity contribution is 0.0568. The van der Waals surface area contributed by atoms with Crippen LogP contribution in [0.3, 0.4) is 0 Å². The van der Waals surface area contributed by atoms with Gasteiger partial charge in [0.15, 0.2) is 5.82 Å². The molecule has 19 heavy (non-hydrogen) atoms. The van der Waals surface area contributed by atoms with E-state index >= 15 is 0 Å². The van der Waals surface area contributed by atoms with Crippen molar-refractivity contribution in [2.75, 3.05) is 13.1 Å². The minimum Gasteiger partial charge on any atom is -0.339 e.